The number of rotatable bonds is 3. The van der Waals surface area contributed by atoms with Gasteiger partial charge >= 0.3 is 0 Å². The molecule has 3 aliphatic heterocycles. The van der Waals surface area contributed by atoms with Gasteiger partial charge in [-0.3, -0.25) is 9.59 Å². The molecule has 0 radical (unpaired) electrons. The highest BCUT2D eigenvalue weighted by atomic mass is 16.9. The van der Waals surface area contributed by atoms with E-state index in [1.165, 1.54) is 6.92 Å². The van der Waals surface area contributed by atoms with Crippen molar-refractivity contribution in [1.82, 2.24) is 0 Å². The summed E-state index contributed by atoms with van der Waals surface area (Å²) >= 11 is 0. The number of ketones is 1. The normalized spacial score (nSPS) is 35.1. The topological polar surface area (TPSA) is 92.3 Å². The molecule has 5 atom stereocenters. The van der Waals surface area contributed by atoms with E-state index < -0.39 is 42.3 Å². The molecule has 0 saturated carbocycles. The van der Waals surface area contributed by atoms with Gasteiger partial charge in [-0.25, -0.2) is 0 Å². The Bertz CT molecular complexity index is 788. The molecular formula is C20H25NO7. The zero-order valence-electron chi connectivity index (χ0n) is 16.6. The maximum atomic E-state index is 13.0. The molecule has 1 aromatic rings. The minimum Gasteiger partial charge on any atom is -0.342 e. The van der Waals surface area contributed by atoms with Crippen molar-refractivity contribution in [2.45, 2.75) is 76.9 Å². The first-order valence-electron chi connectivity index (χ1n) is 9.33. The number of fused-ring (bicyclic) bond motifs is 3. The van der Waals surface area contributed by atoms with Gasteiger partial charge in [-0.2, -0.15) is 0 Å². The van der Waals surface area contributed by atoms with Crippen LogP contribution in [0.1, 0.15) is 45.0 Å². The number of amides is 1. The molecule has 8 nitrogen and oxygen atoms in total. The molecule has 0 unspecified atom stereocenters. The van der Waals surface area contributed by atoms with Gasteiger partial charge in [-0.1, -0.05) is 0 Å². The monoisotopic (exact) mass is 391 g/mol. The van der Waals surface area contributed by atoms with Gasteiger partial charge in [0.1, 0.15) is 18.3 Å². The Morgan fingerprint density at radius 1 is 0.857 bits per heavy atom. The molecule has 3 fully saturated rings. The summed E-state index contributed by atoms with van der Waals surface area (Å²) < 4.78 is 29.6. The van der Waals surface area contributed by atoms with Crippen LogP contribution >= 0.6 is 0 Å². The van der Waals surface area contributed by atoms with E-state index in [2.05, 4.69) is 5.32 Å². The maximum absolute atomic E-state index is 13.0. The van der Waals surface area contributed by atoms with Crippen LogP contribution in [0.2, 0.25) is 0 Å². The number of benzene rings is 1. The van der Waals surface area contributed by atoms with E-state index in [0.29, 0.717) is 11.3 Å². The Hall–Kier alpha value is -1.84. The summed E-state index contributed by atoms with van der Waals surface area (Å²) in [7, 11) is 0. The van der Waals surface area contributed by atoms with Crippen LogP contribution < -0.4 is 5.32 Å². The highest BCUT2D eigenvalue weighted by molar-refractivity contribution is 5.97. The molecule has 1 aromatic carbocycles. The first-order chi connectivity index (χ1) is 13.0. The van der Waals surface area contributed by atoms with Gasteiger partial charge in [0.05, 0.1) is 0 Å². The van der Waals surface area contributed by atoms with Crippen LogP contribution in [-0.4, -0.2) is 54.0 Å². The quantitative estimate of drug-likeness (QED) is 0.790. The fourth-order valence-electron chi connectivity index (χ4n) is 3.82. The highest BCUT2D eigenvalue weighted by Gasteiger charge is 2.62. The second-order valence-electron chi connectivity index (χ2n) is 8.21. The lowest BCUT2D eigenvalue weighted by molar-refractivity contribution is -0.229. The van der Waals surface area contributed by atoms with E-state index in [4.69, 9.17) is 23.7 Å². The lowest BCUT2D eigenvalue weighted by Gasteiger charge is -2.36. The van der Waals surface area contributed by atoms with Crippen molar-refractivity contribution in [2.75, 3.05) is 5.32 Å². The van der Waals surface area contributed by atoms with Gasteiger partial charge in [-0.05, 0) is 58.9 Å². The van der Waals surface area contributed by atoms with Crippen molar-refractivity contribution in [2.24, 2.45) is 0 Å². The number of anilines is 1. The molecular weight excluding hydrogens is 366 g/mol. The Morgan fingerprint density at radius 2 is 1.43 bits per heavy atom. The van der Waals surface area contributed by atoms with Crippen LogP contribution in [0.15, 0.2) is 24.3 Å². The third kappa shape index (κ3) is 3.58. The molecule has 152 valence electrons. The van der Waals surface area contributed by atoms with Crippen LogP contribution in [0.3, 0.4) is 0 Å². The van der Waals surface area contributed by atoms with E-state index in [0.717, 1.165) is 0 Å². The van der Waals surface area contributed by atoms with Crippen molar-refractivity contribution in [3.05, 3.63) is 29.8 Å². The SMILES string of the molecule is CC(=O)c1ccc(NC(=O)[C@@H]2O[C@@H]3OC(C)(C)O[C@H]3[C@H]3OC(C)(C)O[C@@H]32)cc1. The lowest BCUT2D eigenvalue weighted by Crippen LogP contribution is -2.58. The van der Waals surface area contributed by atoms with E-state index >= 15 is 0 Å². The summed E-state index contributed by atoms with van der Waals surface area (Å²) in [5.74, 6) is -2.13. The number of Topliss-reactive ketones (excluding diaryl/α,β-unsaturated/α-hetero) is 1. The fraction of sp³-hybridized carbons (Fsp3) is 0.600. The van der Waals surface area contributed by atoms with Gasteiger partial charge in [0.25, 0.3) is 5.91 Å². The molecule has 3 saturated heterocycles. The van der Waals surface area contributed by atoms with Gasteiger partial charge in [0, 0.05) is 11.3 Å². The minimum absolute atomic E-state index is 0.0397. The predicted octanol–water partition coefficient (Wildman–Crippen LogP) is 2.22. The number of carbonyl (C=O) groups excluding carboxylic acids is 2. The van der Waals surface area contributed by atoms with Crippen LogP contribution in [0.5, 0.6) is 0 Å². The van der Waals surface area contributed by atoms with E-state index in [1.54, 1.807) is 52.0 Å². The number of nitrogens with one attached hydrogen (secondary N) is 1. The van der Waals surface area contributed by atoms with Crippen molar-refractivity contribution < 1.29 is 33.3 Å². The van der Waals surface area contributed by atoms with Crippen LogP contribution in [0.25, 0.3) is 0 Å². The fourth-order valence-corrected chi connectivity index (χ4v) is 3.82. The van der Waals surface area contributed by atoms with Crippen molar-refractivity contribution in [3.63, 3.8) is 0 Å². The molecule has 8 heteroatoms. The summed E-state index contributed by atoms with van der Waals surface area (Å²) in [6, 6.07) is 6.67. The van der Waals surface area contributed by atoms with Crippen molar-refractivity contribution in [1.29, 1.82) is 0 Å². The number of hydrogen-bond acceptors (Lipinski definition) is 7. The number of carbonyl (C=O) groups is 2. The maximum Gasteiger partial charge on any atom is 0.256 e. The summed E-state index contributed by atoms with van der Waals surface area (Å²) in [6.45, 7) is 8.64. The zero-order valence-corrected chi connectivity index (χ0v) is 16.6. The molecule has 3 aliphatic rings. The smallest absolute Gasteiger partial charge is 0.256 e. The van der Waals surface area contributed by atoms with Crippen LogP contribution in [-0.2, 0) is 28.5 Å². The van der Waals surface area contributed by atoms with Gasteiger partial charge < -0.3 is 29.0 Å². The molecule has 0 aliphatic carbocycles. The zero-order chi connectivity index (χ0) is 20.3. The van der Waals surface area contributed by atoms with Gasteiger partial charge in [-0.15, -0.1) is 0 Å². The summed E-state index contributed by atoms with van der Waals surface area (Å²) in [4.78, 5) is 24.4. The molecule has 1 amide bonds. The molecule has 3 heterocycles. The van der Waals surface area contributed by atoms with E-state index in [1.807, 2.05) is 0 Å². The first-order valence-corrected chi connectivity index (χ1v) is 9.33. The Balaban J connectivity index is 1.54. The largest absolute Gasteiger partial charge is 0.342 e. The number of ether oxygens (including phenoxy) is 5. The molecule has 4 rings (SSSR count). The summed E-state index contributed by atoms with van der Waals surface area (Å²) in [5, 5.41) is 2.81. The second-order valence-corrected chi connectivity index (χ2v) is 8.21. The van der Waals surface area contributed by atoms with Crippen molar-refractivity contribution >= 4 is 17.4 Å². The molecule has 0 aromatic heterocycles. The summed E-state index contributed by atoms with van der Waals surface area (Å²) in [5.41, 5.74) is 1.13. The average Bonchev–Trinajstić information content (AvgIpc) is 3.08. The van der Waals surface area contributed by atoms with E-state index in [9.17, 15) is 9.59 Å². The summed E-state index contributed by atoms with van der Waals surface area (Å²) in [6.07, 6.45) is -3.28. The minimum atomic E-state index is -0.932. The van der Waals surface area contributed by atoms with Crippen molar-refractivity contribution in [3.8, 4) is 0 Å². The molecule has 28 heavy (non-hydrogen) atoms. The van der Waals surface area contributed by atoms with Gasteiger partial charge in [0.2, 0.25) is 0 Å². The third-order valence-electron chi connectivity index (χ3n) is 4.97. The molecule has 1 N–H and O–H groups in total. The van der Waals surface area contributed by atoms with Crippen LogP contribution in [0.4, 0.5) is 5.69 Å². The lowest BCUT2D eigenvalue weighted by atomic mass is 9.98. The molecule has 0 spiro atoms. The average molecular weight is 391 g/mol. The Kier molecular flexibility index (Phi) is 4.59. The second kappa shape index (κ2) is 6.60. The van der Waals surface area contributed by atoms with Crippen LogP contribution in [0, 0.1) is 0 Å². The number of hydrogen-bond donors (Lipinski definition) is 1. The molecule has 0 bridgehead atoms. The standard InChI is InChI=1S/C20H25NO7/c1-10(22)11-6-8-12(9-7-11)21-17(23)15-13-14(26-19(2,3)25-13)16-18(24-15)28-20(4,5)27-16/h6-9,13-16,18H,1-5H3,(H,21,23)/t13-,14-,15+,16-,18+/m0/s1. The first kappa shape index (κ1) is 19.5. The Labute approximate surface area is 163 Å². The van der Waals surface area contributed by atoms with E-state index in [-0.39, 0.29) is 11.7 Å². The predicted molar refractivity (Wildman–Crippen MR) is 97.6 cm³/mol. The Morgan fingerprint density at radius 3 is 2.07 bits per heavy atom. The highest BCUT2D eigenvalue weighted by Crippen LogP contribution is 2.44. The third-order valence-corrected chi connectivity index (χ3v) is 4.97. The van der Waals surface area contributed by atoms with Gasteiger partial charge in [0.15, 0.2) is 29.8 Å².